The molecule has 0 fully saturated rings. The van der Waals surface area contributed by atoms with Gasteiger partial charge in [0.15, 0.2) is 0 Å². The highest BCUT2D eigenvalue weighted by atomic mass is 32.2. The van der Waals surface area contributed by atoms with Crippen LogP contribution in [-0.4, -0.2) is 35.3 Å². The molecule has 3 rings (SSSR count). The number of pyridine rings is 1. The molecule has 1 aromatic carbocycles. The normalized spacial score (nSPS) is 15.5. The van der Waals surface area contributed by atoms with Crippen molar-refractivity contribution < 1.29 is 18.3 Å². The first-order valence-electron chi connectivity index (χ1n) is 8.40. The number of aromatic nitrogens is 1. The van der Waals surface area contributed by atoms with Crippen molar-refractivity contribution in [1.82, 2.24) is 9.29 Å². The SMILES string of the molecule is CC(C)(C)c1ccc(S(=O)(=O)N2CCc3c(cncc3C(=O)O)C2)cc1. The fraction of sp³-hybridized carbons (Fsp3) is 0.368. The molecule has 0 bridgehead atoms. The molecule has 7 heteroatoms. The largest absolute Gasteiger partial charge is 0.478 e. The molecule has 0 amide bonds. The molecular weight excluding hydrogens is 352 g/mol. The zero-order valence-electron chi connectivity index (χ0n) is 15.1. The number of nitrogens with zero attached hydrogens (tertiary/aromatic N) is 2. The van der Waals surface area contributed by atoms with E-state index in [0.29, 0.717) is 17.5 Å². The van der Waals surface area contributed by atoms with Crippen molar-refractivity contribution >= 4 is 16.0 Å². The van der Waals surface area contributed by atoms with Crippen LogP contribution in [0.5, 0.6) is 0 Å². The molecule has 0 aliphatic carbocycles. The lowest BCUT2D eigenvalue weighted by molar-refractivity contribution is 0.0694. The highest BCUT2D eigenvalue weighted by Crippen LogP contribution is 2.28. The minimum atomic E-state index is -3.64. The minimum absolute atomic E-state index is 0.0503. The van der Waals surface area contributed by atoms with Crippen molar-refractivity contribution in [3.8, 4) is 0 Å². The van der Waals surface area contributed by atoms with Gasteiger partial charge in [0.1, 0.15) is 0 Å². The zero-order valence-corrected chi connectivity index (χ0v) is 15.9. The zero-order chi connectivity index (χ0) is 19.1. The smallest absolute Gasteiger partial charge is 0.337 e. The third kappa shape index (κ3) is 3.37. The number of carboxylic acids is 1. The van der Waals surface area contributed by atoms with Crippen LogP contribution in [0, 0.1) is 0 Å². The standard InChI is InChI=1S/C19H22N2O4S/c1-19(2,3)14-4-6-15(7-5-14)26(24,25)21-9-8-16-13(12-21)10-20-11-17(16)18(22)23/h4-7,10-11H,8-9,12H2,1-3H3,(H,22,23). The van der Waals surface area contributed by atoms with Crippen LogP contribution in [0.15, 0.2) is 41.6 Å². The van der Waals surface area contributed by atoms with Crippen LogP contribution in [0.4, 0.5) is 0 Å². The molecule has 1 N–H and O–H groups in total. The van der Waals surface area contributed by atoms with Gasteiger partial charge in [-0.15, -0.1) is 0 Å². The van der Waals surface area contributed by atoms with Crippen molar-refractivity contribution in [2.24, 2.45) is 0 Å². The summed E-state index contributed by atoms with van der Waals surface area (Å²) >= 11 is 0. The maximum absolute atomic E-state index is 13.0. The summed E-state index contributed by atoms with van der Waals surface area (Å²) in [5.41, 5.74) is 2.48. The van der Waals surface area contributed by atoms with E-state index in [9.17, 15) is 18.3 Å². The quantitative estimate of drug-likeness (QED) is 0.893. The minimum Gasteiger partial charge on any atom is -0.478 e. The van der Waals surface area contributed by atoms with Gasteiger partial charge in [-0.05, 0) is 40.7 Å². The highest BCUT2D eigenvalue weighted by Gasteiger charge is 2.30. The van der Waals surface area contributed by atoms with E-state index < -0.39 is 16.0 Å². The second kappa shape index (κ2) is 6.48. The molecule has 26 heavy (non-hydrogen) atoms. The second-order valence-electron chi connectivity index (χ2n) is 7.49. The summed E-state index contributed by atoms with van der Waals surface area (Å²) in [6.07, 6.45) is 3.22. The Balaban J connectivity index is 1.90. The molecule has 2 aromatic rings. The second-order valence-corrected chi connectivity index (χ2v) is 9.43. The van der Waals surface area contributed by atoms with Gasteiger partial charge in [-0.2, -0.15) is 4.31 Å². The van der Waals surface area contributed by atoms with Gasteiger partial charge in [-0.25, -0.2) is 13.2 Å². The molecule has 0 saturated heterocycles. The maximum Gasteiger partial charge on any atom is 0.337 e. The summed E-state index contributed by atoms with van der Waals surface area (Å²) in [7, 11) is -3.64. The first-order chi connectivity index (χ1) is 12.1. The van der Waals surface area contributed by atoms with Gasteiger partial charge >= 0.3 is 5.97 Å². The van der Waals surface area contributed by atoms with E-state index in [1.54, 1.807) is 18.3 Å². The van der Waals surface area contributed by atoms with Crippen molar-refractivity contribution in [2.75, 3.05) is 6.54 Å². The predicted molar refractivity (Wildman–Crippen MR) is 97.6 cm³/mol. The van der Waals surface area contributed by atoms with E-state index in [1.807, 2.05) is 12.1 Å². The third-order valence-corrected chi connectivity index (χ3v) is 6.55. The van der Waals surface area contributed by atoms with Gasteiger partial charge in [-0.1, -0.05) is 32.9 Å². The van der Waals surface area contributed by atoms with Gasteiger partial charge in [0, 0.05) is 25.5 Å². The molecule has 0 saturated carbocycles. The van der Waals surface area contributed by atoms with Crippen molar-refractivity contribution in [2.45, 2.75) is 44.0 Å². The molecule has 2 heterocycles. The number of hydrogen-bond donors (Lipinski definition) is 1. The Morgan fingerprint density at radius 3 is 2.38 bits per heavy atom. The fourth-order valence-corrected chi connectivity index (χ4v) is 4.55. The molecule has 1 aliphatic rings. The van der Waals surface area contributed by atoms with E-state index >= 15 is 0 Å². The van der Waals surface area contributed by atoms with Crippen LogP contribution < -0.4 is 0 Å². The van der Waals surface area contributed by atoms with E-state index in [2.05, 4.69) is 25.8 Å². The summed E-state index contributed by atoms with van der Waals surface area (Å²) in [6.45, 7) is 6.61. The van der Waals surface area contributed by atoms with E-state index in [0.717, 1.165) is 5.56 Å². The maximum atomic E-state index is 13.0. The molecule has 1 aromatic heterocycles. The predicted octanol–water partition coefficient (Wildman–Crippen LogP) is 2.82. The van der Waals surface area contributed by atoms with Gasteiger partial charge in [-0.3, -0.25) is 4.98 Å². The Bertz CT molecular complexity index is 944. The van der Waals surface area contributed by atoms with Crippen molar-refractivity contribution in [3.05, 3.63) is 58.9 Å². The highest BCUT2D eigenvalue weighted by molar-refractivity contribution is 7.89. The number of sulfonamides is 1. The number of fused-ring (bicyclic) bond motifs is 1. The average Bonchev–Trinajstić information content (AvgIpc) is 2.60. The molecule has 0 unspecified atom stereocenters. The van der Waals surface area contributed by atoms with Gasteiger partial charge in [0.25, 0.3) is 0 Å². The molecular formula is C19H22N2O4S. The number of carboxylic acid groups (broad SMARTS) is 1. The number of hydrogen-bond acceptors (Lipinski definition) is 4. The van der Waals surface area contributed by atoms with Crippen LogP contribution in [0.25, 0.3) is 0 Å². The van der Waals surface area contributed by atoms with E-state index in [-0.39, 0.29) is 29.0 Å². The summed E-state index contributed by atoms with van der Waals surface area (Å²) in [6, 6.07) is 6.96. The Morgan fingerprint density at radius 2 is 1.81 bits per heavy atom. The van der Waals surface area contributed by atoms with Crippen LogP contribution in [0.2, 0.25) is 0 Å². The lowest BCUT2D eigenvalue weighted by atomic mass is 9.87. The number of benzene rings is 1. The molecule has 0 atom stereocenters. The molecule has 0 spiro atoms. The van der Waals surface area contributed by atoms with Gasteiger partial charge in [0.05, 0.1) is 10.5 Å². The number of aromatic carboxylic acids is 1. The first-order valence-corrected chi connectivity index (χ1v) is 9.84. The first kappa shape index (κ1) is 18.5. The average molecular weight is 374 g/mol. The lowest BCUT2D eigenvalue weighted by Gasteiger charge is -2.28. The van der Waals surface area contributed by atoms with Crippen molar-refractivity contribution in [1.29, 1.82) is 0 Å². The molecule has 6 nitrogen and oxygen atoms in total. The Hall–Kier alpha value is -2.25. The monoisotopic (exact) mass is 374 g/mol. The van der Waals surface area contributed by atoms with E-state index in [4.69, 9.17) is 0 Å². The van der Waals surface area contributed by atoms with Crippen LogP contribution in [0.1, 0.15) is 47.8 Å². The third-order valence-electron chi connectivity index (χ3n) is 4.69. The summed E-state index contributed by atoms with van der Waals surface area (Å²) in [4.78, 5) is 15.5. The van der Waals surface area contributed by atoms with Gasteiger partial charge < -0.3 is 5.11 Å². The Kier molecular flexibility index (Phi) is 4.62. The molecule has 0 radical (unpaired) electrons. The lowest BCUT2D eigenvalue weighted by Crippen LogP contribution is -2.36. The summed E-state index contributed by atoms with van der Waals surface area (Å²) in [5, 5.41) is 9.26. The molecule has 1 aliphatic heterocycles. The topological polar surface area (TPSA) is 87.6 Å². The van der Waals surface area contributed by atoms with Crippen LogP contribution in [0.3, 0.4) is 0 Å². The Morgan fingerprint density at radius 1 is 1.15 bits per heavy atom. The summed E-state index contributed by atoms with van der Waals surface area (Å²) < 4.78 is 27.3. The molecule has 138 valence electrons. The number of rotatable bonds is 3. The van der Waals surface area contributed by atoms with Crippen molar-refractivity contribution in [3.63, 3.8) is 0 Å². The number of carbonyl (C=O) groups is 1. The Labute approximate surface area is 153 Å². The summed E-state index contributed by atoms with van der Waals surface area (Å²) in [5.74, 6) is -1.04. The van der Waals surface area contributed by atoms with Crippen LogP contribution >= 0.6 is 0 Å². The van der Waals surface area contributed by atoms with Gasteiger partial charge in [0.2, 0.25) is 10.0 Å². The van der Waals surface area contributed by atoms with E-state index in [1.165, 1.54) is 10.5 Å². The fourth-order valence-electron chi connectivity index (χ4n) is 3.13. The van der Waals surface area contributed by atoms with Crippen LogP contribution in [-0.2, 0) is 28.4 Å².